The number of aromatic amines is 1. The molecule has 0 bridgehead atoms. The van der Waals surface area contributed by atoms with Crippen LogP contribution < -0.4 is 22.8 Å². The summed E-state index contributed by atoms with van der Waals surface area (Å²) in [5, 5.41) is 0. The van der Waals surface area contributed by atoms with E-state index in [0.717, 1.165) is 10.1 Å². The number of carbonyl (C=O) groups is 1. The number of nitrogens with two attached hydrogens (primary N) is 1. The molecule has 1 atom stereocenters. The van der Waals surface area contributed by atoms with Crippen LogP contribution in [0.25, 0.3) is 5.69 Å². The number of primary amides is 1. The molecule has 2 aromatic rings. The molecule has 3 N–H and O–H groups in total. The highest BCUT2D eigenvalue weighted by Crippen LogP contribution is 2.13. The van der Waals surface area contributed by atoms with Gasteiger partial charge in [0.05, 0.1) is 5.69 Å². The zero-order chi connectivity index (χ0) is 17.3. The van der Waals surface area contributed by atoms with Gasteiger partial charge in [-0.05, 0) is 25.0 Å². The summed E-state index contributed by atoms with van der Waals surface area (Å²) < 4.78 is 1.49. The molecule has 0 fully saturated rings. The molecule has 1 aromatic carbocycles. The number of nitrogens with zero attached hydrogens (tertiary/aromatic N) is 2. The average Bonchev–Trinajstić information content (AvgIpc) is 2.44. The van der Waals surface area contributed by atoms with Crippen LogP contribution in [-0.2, 0) is 4.79 Å². The summed E-state index contributed by atoms with van der Waals surface area (Å²) in [6.45, 7) is 5.17. The number of rotatable bonds is 4. The van der Waals surface area contributed by atoms with Crippen LogP contribution in [0.2, 0.25) is 0 Å². The summed E-state index contributed by atoms with van der Waals surface area (Å²) in [6, 6.07) is 5.46. The third-order valence-electron chi connectivity index (χ3n) is 3.53. The maximum atomic E-state index is 12.6. The van der Waals surface area contributed by atoms with Gasteiger partial charge in [0.25, 0.3) is 0 Å². The summed E-state index contributed by atoms with van der Waals surface area (Å²) in [4.78, 5) is 50.4. The van der Waals surface area contributed by atoms with Gasteiger partial charge in [-0.1, -0.05) is 31.5 Å². The Bertz CT molecular complexity index is 903. The minimum atomic E-state index is -1.15. The third kappa shape index (κ3) is 3.01. The Morgan fingerprint density at radius 1 is 1.09 bits per heavy atom. The topological polar surface area (TPSA) is 120 Å². The summed E-state index contributed by atoms with van der Waals surface area (Å²) in [5.74, 6) is -1.21. The minimum absolute atomic E-state index is 0.294. The summed E-state index contributed by atoms with van der Waals surface area (Å²) >= 11 is 0. The van der Waals surface area contributed by atoms with E-state index in [0.29, 0.717) is 10.3 Å². The fourth-order valence-electron chi connectivity index (χ4n) is 2.41. The van der Waals surface area contributed by atoms with E-state index in [1.54, 1.807) is 38.1 Å². The molecule has 0 spiro atoms. The molecular weight excluding hydrogens is 300 g/mol. The predicted octanol–water partition coefficient (Wildman–Crippen LogP) is -0.322. The lowest BCUT2D eigenvalue weighted by molar-refractivity contribution is -0.122. The first kappa shape index (κ1) is 16.5. The van der Waals surface area contributed by atoms with Gasteiger partial charge < -0.3 is 5.73 Å². The molecule has 0 aliphatic rings. The Hall–Kier alpha value is -2.90. The van der Waals surface area contributed by atoms with Crippen molar-refractivity contribution in [2.24, 2.45) is 11.7 Å². The molecule has 122 valence electrons. The highest BCUT2D eigenvalue weighted by Gasteiger charge is 2.27. The Labute approximate surface area is 131 Å². The molecule has 0 unspecified atom stereocenters. The highest BCUT2D eigenvalue weighted by molar-refractivity contribution is 5.78. The smallest absolute Gasteiger partial charge is 0.341 e. The zero-order valence-corrected chi connectivity index (χ0v) is 13.1. The van der Waals surface area contributed by atoms with Crippen molar-refractivity contribution < 1.29 is 4.79 Å². The van der Waals surface area contributed by atoms with Gasteiger partial charge in [0.15, 0.2) is 0 Å². The maximum absolute atomic E-state index is 12.6. The number of nitrogens with one attached hydrogen (secondary N) is 1. The van der Waals surface area contributed by atoms with Gasteiger partial charge in [-0.3, -0.25) is 9.78 Å². The number of aromatic nitrogens is 3. The van der Waals surface area contributed by atoms with E-state index in [1.807, 2.05) is 6.92 Å². The highest BCUT2D eigenvalue weighted by atomic mass is 16.2. The second-order valence-electron chi connectivity index (χ2n) is 5.65. The van der Waals surface area contributed by atoms with Crippen molar-refractivity contribution >= 4 is 5.91 Å². The molecule has 0 aliphatic heterocycles. The first-order valence-corrected chi connectivity index (χ1v) is 7.08. The fraction of sp³-hybridized carbons (Fsp3) is 0.333. The van der Waals surface area contributed by atoms with E-state index < -0.39 is 34.9 Å². The molecular formula is C15H18N4O4. The normalized spacial score (nSPS) is 12.3. The Morgan fingerprint density at radius 2 is 1.65 bits per heavy atom. The second kappa shape index (κ2) is 6.07. The van der Waals surface area contributed by atoms with Crippen molar-refractivity contribution in [2.75, 3.05) is 0 Å². The van der Waals surface area contributed by atoms with Gasteiger partial charge in [-0.25, -0.2) is 23.5 Å². The van der Waals surface area contributed by atoms with Crippen LogP contribution in [0, 0.1) is 12.8 Å². The van der Waals surface area contributed by atoms with Crippen LogP contribution in [0.4, 0.5) is 0 Å². The van der Waals surface area contributed by atoms with Crippen LogP contribution in [-0.4, -0.2) is 20.0 Å². The van der Waals surface area contributed by atoms with E-state index in [9.17, 15) is 19.2 Å². The third-order valence-corrected chi connectivity index (χ3v) is 3.53. The molecule has 2 rings (SSSR count). The van der Waals surface area contributed by atoms with Crippen molar-refractivity contribution in [3.63, 3.8) is 0 Å². The van der Waals surface area contributed by atoms with Gasteiger partial charge in [0.1, 0.15) is 6.04 Å². The van der Waals surface area contributed by atoms with Gasteiger partial charge in [-0.2, -0.15) is 0 Å². The predicted molar refractivity (Wildman–Crippen MR) is 84.7 cm³/mol. The number of carbonyl (C=O) groups excluding carboxylic acids is 1. The molecule has 23 heavy (non-hydrogen) atoms. The first-order chi connectivity index (χ1) is 10.7. The lowest BCUT2D eigenvalue weighted by Crippen LogP contribution is -2.53. The molecule has 8 heteroatoms. The summed E-state index contributed by atoms with van der Waals surface area (Å²) in [7, 11) is 0. The van der Waals surface area contributed by atoms with E-state index >= 15 is 0 Å². The number of H-pyrrole nitrogens is 1. The van der Waals surface area contributed by atoms with Gasteiger partial charge >= 0.3 is 17.1 Å². The van der Waals surface area contributed by atoms with Crippen LogP contribution >= 0.6 is 0 Å². The van der Waals surface area contributed by atoms with E-state index in [-0.39, 0.29) is 0 Å². The Morgan fingerprint density at radius 3 is 2.13 bits per heavy atom. The van der Waals surface area contributed by atoms with Crippen LogP contribution in [0.15, 0.2) is 38.6 Å². The Kier molecular flexibility index (Phi) is 4.35. The second-order valence-corrected chi connectivity index (χ2v) is 5.65. The number of hydrogen-bond acceptors (Lipinski definition) is 4. The van der Waals surface area contributed by atoms with Crippen molar-refractivity contribution in [2.45, 2.75) is 26.8 Å². The van der Waals surface area contributed by atoms with E-state index in [4.69, 9.17) is 5.73 Å². The van der Waals surface area contributed by atoms with E-state index in [1.165, 1.54) is 0 Å². The Balaban J connectivity index is 2.82. The van der Waals surface area contributed by atoms with Gasteiger partial charge in [0.2, 0.25) is 5.91 Å². The quantitative estimate of drug-likeness (QED) is 0.802. The summed E-state index contributed by atoms with van der Waals surface area (Å²) in [5.41, 5.74) is 3.83. The van der Waals surface area contributed by atoms with E-state index in [2.05, 4.69) is 4.98 Å². The monoisotopic (exact) mass is 318 g/mol. The number of hydrogen-bond donors (Lipinski definition) is 2. The number of amides is 1. The van der Waals surface area contributed by atoms with Crippen LogP contribution in [0.1, 0.15) is 25.5 Å². The molecule has 8 nitrogen and oxygen atoms in total. The first-order valence-electron chi connectivity index (χ1n) is 7.08. The fourth-order valence-corrected chi connectivity index (χ4v) is 2.41. The van der Waals surface area contributed by atoms with Crippen LogP contribution in [0.5, 0.6) is 0 Å². The summed E-state index contributed by atoms with van der Waals surface area (Å²) in [6.07, 6.45) is 0. The van der Waals surface area contributed by atoms with Crippen molar-refractivity contribution in [3.05, 3.63) is 61.3 Å². The van der Waals surface area contributed by atoms with Crippen LogP contribution in [0.3, 0.4) is 0 Å². The van der Waals surface area contributed by atoms with Gasteiger partial charge in [-0.15, -0.1) is 0 Å². The van der Waals surface area contributed by atoms with Crippen molar-refractivity contribution in [1.82, 2.24) is 14.1 Å². The average molecular weight is 318 g/mol. The number of benzene rings is 1. The van der Waals surface area contributed by atoms with Gasteiger partial charge in [0, 0.05) is 0 Å². The SMILES string of the molecule is Cc1ccc(-n2c(=O)[nH]c(=O)n([C@H](C(N)=O)C(C)C)c2=O)cc1. The molecule has 1 amide bonds. The van der Waals surface area contributed by atoms with Crippen molar-refractivity contribution in [3.8, 4) is 5.69 Å². The van der Waals surface area contributed by atoms with Crippen molar-refractivity contribution in [1.29, 1.82) is 0 Å². The molecule has 1 heterocycles. The molecule has 1 aromatic heterocycles. The molecule has 0 aliphatic carbocycles. The number of aryl methyl sites for hydroxylation is 1. The lowest BCUT2D eigenvalue weighted by atomic mass is 10.0. The zero-order valence-electron chi connectivity index (χ0n) is 13.1. The lowest BCUT2D eigenvalue weighted by Gasteiger charge is -2.19. The standard InChI is InChI=1S/C15H18N4O4/c1-8(2)11(12(16)20)19-14(22)17-13(21)18(15(19)23)10-6-4-9(3)5-7-10/h4-8,11H,1-3H3,(H2,16,20)(H,17,21,22)/t11-/m0/s1. The largest absolute Gasteiger partial charge is 0.368 e. The molecule has 0 saturated carbocycles. The minimum Gasteiger partial charge on any atom is -0.368 e. The maximum Gasteiger partial charge on any atom is 0.341 e. The molecule has 0 saturated heterocycles. The molecule has 0 radical (unpaired) electrons.